The van der Waals surface area contributed by atoms with Crippen LogP contribution in [0, 0.1) is 6.92 Å². The molecule has 1 N–H and O–H groups in total. The van der Waals surface area contributed by atoms with Crippen LogP contribution in [0.2, 0.25) is 0 Å². The zero-order chi connectivity index (χ0) is 12.0. The van der Waals surface area contributed by atoms with Gasteiger partial charge in [-0.25, -0.2) is 0 Å². The fourth-order valence-electron chi connectivity index (χ4n) is 2.20. The van der Waals surface area contributed by atoms with Gasteiger partial charge < -0.3 is 5.32 Å². The summed E-state index contributed by atoms with van der Waals surface area (Å²) < 4.78 is 2.12. The largest absolute Gasteiger partial charge is 0.314 e. The fraction of sp³-hybridized carbons (Fsp3) is 0.769. The highest BCUT2D eigenvalue weighted by atomic mass is 15.3. The summed E-state index contributed by atoms with van der Waals surface area (Å²) in [4.78, 5) is 0. The number of hydrogen-bond acceptors (Lipinski definition) is 2. The molecule has 0 aliphatic heterocycles. The number of rotatable bonds is 7. The second-order valence-electron chi connectivity index (χ2n) is 4.34. The van der Waals surface area contributed by atoms with Gasteiger partial charge in [-0.1, -0.05) is 20.3 Å². The number of nitrogens with zero attached hydrogens (tertiary/aromatic N) is 2. The minimum Gasteiger partial charge on any atom is -0.314 e. The molecule has 0 saturated heterocycles. The van der Waals surface area contributed by atoms with Gasteiger partial charge in [0, 0.05) is 24.7 Å². The Morgan fingerprint density at radius 3 is 2.69 bits per heavy atom. The summed E-state index contributed by atoms with van der Waals surface area (Å²) in [6.45, 7) is 10.6. The van der Waals surface area contributed by atoms with Crippen LogP contribution in [0.25, 0.3) is 0 Å². The van der Waals surface area contributed by atoms with E-state index in [2.05, 4.69) is 48.9 Å². The topological polar surface area (TPSA) is 29.9 Å². The van der Waals surface area contributed by atoms with Crippen molar-refractivity contribution in [1.29, 1.82) is 0 Å². The first-order valence-corrected chi connectivity index (χ1v) is 6.47. The maximum Gasteiger partial charge on any atom is 0.0596 e. The summed E-state index contributed by atoms with van der Waals surface area (Å²) in [6.07, 6.45) is 3.56. The van der Waals surface area contributed by atoms with Crippen LogP contribution in [0.15, 0.2) is 6.07 Å². The Kier molecular flexibility index (Phi) is 5.53. The van der Waals surface area contributed by atoms with E-state index >= 15 is 0 Å². The lowest BCUT2D eigenvalue weighted by molar-refractivity contribution is 0.467. The summed E-state index contributed by atoms with van der Waals surface area (Å²) in [5.74, 6) is 0. The molecule has 1 aromatic heterocycles. The molecule has 0 bridgehead atoms. The van der Waals surface area contributed by atoms with Crippen molar-refractivity contribution in [3.8, 4) is 0 Å². The standard InChI is InChI=1S/C13H25N3/c1-5-8-12(14-6-2)10-13-9-11(4)15-16(13)7-3/h9,12,14H,5-8,10H2,1-4H3. The molecule has 1 rings (SSSR count). The summed E-state index contributed by atoms with van der Waals surface area (Å²) in [5, 5.41) is 8.04. The van der Waals surface area contributed by atoms with Gasteiger partial charge in [-0.3, -0.25) is 4.68 Å². The molecular weight excluding hydrogens is 198 g/mol. The van der Waals surface area contributed by atoms with Crippen molar-refractivity contribution in [1.82, 2.24) is 15.1 Å². The van der Waals surface area contributed by atoms with E-state index < -0.39 is 0 Å². The Morgan fingerprint density at radius 2 is 2.12 bits per heavy atom. The quantitative estimate of drug-likeness (QED) is 0.770. The molecular formula is C13H25N3. The number of aromatic nitrogens is 2. The highest BCUT2D eigenvalue weighted by Crippen LogP contribution is 2.10. The van der Waals surface area contributed by atoms with Gasteiger partial charge in [0.2, 0.25) is 0 Å². The lowest BCUT2D eigenvalue weighted by Gasteiger charge is -2.17. The van der Waals surface area contributed by atoms with Crippen LogP contribution in [0.1, 0.15) is 45.0 Å². The van der Waals surface area contributed by atoms with Gasteiger partial charge in [0.15, 0.2) is 0 Å². The molecule has 1 aromatic rings. The first-order valence-electron chi connectivity index (χ1n) is 6.47. The second-order valence-corrected chi connectivity index (χ2v) is 4.34. The molecule has 0 saturated carbocycles. The van der Waals surface area contributed by atoms with Crippen molar-refractivity contribution in [3.05, 3.63) is 17.5 Å². The van der Waals surface area contributed by atoms with E-state index in [1.165, 1.54) is 18.5 Å². The van der Waals surface area contributed by atoms with Crippen LogP contribution in [0.3, 0.4) is 0 Å². The van der Waals surface area contributed by atoms with E-state index in [9.17, 15) is 0 Å². The molecule has 3 heteroatoms. The lowest BCUT2D eigenvalue weighted by atomic mass is 10.1. The Morgan fingerprint density at radius 1 is 1.38 bits per heavy atom. The number of aryl methyl sites for hydroxylation is 2. The van der Waals surface area contributed by atoms with Crippen molar-refractivity contribution < 1.29 is 0 Å². The Labute approximate surface area is 99.2 Å². The molecule has 1 heterocycles. The zero-order valence-electron chi connectivity index (χ0n) is 11.1. The van der Waals surface area contributed by atoms with E-state index in [0.29, 0.717) is 6.04 Å². The molecule has 3 nitrogen and oxygen atoms in total. The summed E-state index contributed by atoms with van der Waals surface area (Å²) in [6, 6.07) is 2.81. The summed E-state index contributed by atoms with van der Waals surface area (Å²) in [7, 11) is 0. The molecule has 0 fully saturated rings. The maximum absolute atomic E-state index is 4.49. The van der Waals surface area contributed by atoms with Gasteiger partial charge in [0.25, 0.3) is 0 Å². The molecule has 0 spiro atoms. The Bertz CT molecular complexity index is 298. The molecule has 16 heavy (non-hydrogen) atoms. The summed E-state index contributed by atoms with van der Waals surface area (Å²) >= 11 is 0. The minimum absolute atomic E-state index is 0.594. The molecule has 0 aliphatic rings. The molecule has 0 radical (unpaired) electrons. The molecule has 92 valence electrons. The zero-order valence-corrected chi connectivity index (χ0v) is 11.1. The van der Waals surface area contributed by atoms with Crippen LogP contribution < -0.4 is 5.32 Å². The smallest absolute Gasteiger partial charge is 0.0596 e. The maximum atomic E-state index is 4.49. The van der Waals surface area contributed by atoms with Gasteiger partial charge in [0.1, 0.15) is 0 Å². The van der Waals surface area contributed by atoms with E-state index in [1.807, 2.05) is 0 Å². The van der Waals surface area contributed by atoms with Crippen molar-refractivity contribution >= 4 is 0 Å². The van der Waals surface area contributed by atoms with E-state index in [-0.39, 0.29) is 0 Å². The average Bonchev–Trinajstić information content (AvgIpc) is 2.59. The van der Waals surface area contributed by atoms with Crippen LogP contribution in [0.4, 0.5) is 0 Å². The number of likely N-dealkylation sites (N-methyl/N-ethyl adjacent to an activating group) is 1. The Balaban J connectivity index is 2.67. The van der Waals surface area contributed by atoms with Gasteiger partial charge >= 0.3 is 0 Å². The monoisotopic (exact) mass is 223 g/mol. The Hall–Kier alpha value is -0.830. The highest BCUT2D eigenvalue weighted by molar-refractivity contribution is 5.10. The third-order valence-corrected chi connectivity index (χ3v) is 2.87. The van der Waals surface area contributed by atoms with E-state index in [1.54, 1.807) is 0 Å². The van der Waals surface area contributed by atoms with Crippen LogP contribution >= 0.6 is 0 Å². The number of nitrogens with one attached hydrogen (secondary N) is 1. The SMILES string of the molecule is CCCC(Cc1cc(C)nn1CC)NCC. The van der Waals surface area contributed by atoms with Gasteiger partial charge in [-0.2, -0.15) is 5.10 Å². The predicted molar refractivity (Wildman–Crippen MR) is 68.7 cm³/mol. The first kappa shape index (κ1) is 13.2. The van der Waals surface area contributed by atoms with E-state index in [4.69, 9.17) is 0 Å². The lowest BCUT2D eigenvalue weighted by Crippen LogP contribution is -2.31. The highest BCUT2D eigenvalue weighted by Gasteiger charge is 2.11. The predicted octanol–water partition coefficient (Wildman–Crippen LogP) is 2.53. The molecule has 1 atom stereocenters. The molecule has 0 aromatic carbocycles. The van der Waals surface area contributed by atoms with Crippen molar-refractivity contribution in [3.63, 3.8) is 0 Å². The molecule has 0 amide bonds. The molecule has 0 aliphatic carbocycles. The summed E-state index contributed by atoms with van der Waals surface area (Å²) in [5.41, 5.74) is 2.49. The average molecular weight is 223 g/mol. The first-order chi connectivity index (χ1) is 7.71. The normalized spacial score (nSPS) is 13.0. The minimum atomic E-state index is 0.594. The second kappa shape index (κ2) is 6.69. The van der Waals surface area contributed by atoms with E-state index in [0.717, 1.165) is 25.2 Å². The third kappa shape index (κ3) is 3.63. The van der Waals surface area contributed by atoms with Crippen molar-refractivity contribution in [2.75, 3.05) is 6.54 Å². The van der Waals surface area contributed by atoms with Gasteiger partial charge in [0.05, 0.1) is 5.69 Å². The van der Waals surface area contributed by atoms with Gasteiger partial charge in [-0.05, 0) is 32.9 Å². The van der Waals surface area contributed by atoms with Crippen molar-refractivity contribution in [2.24, 2.45) is 0 Å². The van der Waals surface area contributed by atoms with Crippen molar-refractivity contribution in [2.45, 2.75) is 59.5 Å². The van der Waals surface area contributed by atoms with Crippen LogP contribution in [0.5, 0.6) is 0 Å². The fourth-order valence-corrected chi connectivity index (χ4v) is 2.20. The van der Waals surface area contributed by atoms with Gasteiger partial charge in [-0.15, -0.1) is 0 Å². The van der Waals surface area contributed by atoms with Crippen LogP contribution in [-0.2, 0) is 13.0 Å². The van der Waals surface area contributed by atoms with Crippen LogP contribution in [-0.4, -0.2) is 22.4 Å². The number of hydrogen-bond donors (Lipinski definition) is 1. The molecule has 1 unspecified atom stereocenters. The third-order valence-electron chi connectivity index (χ3n) is 2.87.